The van der Waals surface area contributed by atoms with Crippen LogP contribution in [0.4, 0.5) is 0 Å². The maximum absolute atomic E-state index is 11.3. The van der Waals surface area contributed by atoms with E-state index >= 15 is 0 Å². The predicted octanol–water partition coefficient (Wildman–Crippen LogP) is -5.42. The maximum Gasteiger partial charge on any atom is 0.218 e. The lowest BCUT2D eigenvalue weighted by atomic mass is 9.94. The summed E-state index contributed by atoms with van der Waals surface area (Å²) in [6, 6.07) is 0. The molecular weight excluding hydrogens is 937 g/mol. The highest BCUT2D eigenvalue weighted by Gasteiger charge is 2.43. The lowest BCUT2D eigenvalue weighted by Gasteiger charge is -2.39. The lowest BCUT2D eigenvalue weighted by Crippen LogP contribution is -2.60. The minimum Gasteiger partial charge on any atom is -0.726 e. The second-order valence-electron chi connectivity index (χ2n) is 14.1. The summed E-state index contributed by atoms with van der Waals surface area (Å²) >= 11 is 0. The Balaban J connectivity index is 0.000000972. The maximum atomic E-state index is 11.3. The first kappa shape index (κ1) is 62.1. The van der Waals surface area contributed by atoms with Gasteiger partial charge in [-0.1, -0.05) is 34.6 Å². The van der Waals surface area contributed by atoms with Crippen molar-refractivity contribution in [1.29, 1.82) is 0 Å². The molecule has 3 heterocycles. The normalized spacial score (nSPS) is 31.3. The van der Waals surface area contributed by atoms with Crippen molar-refractivity contribution in [2.24, 2.45) is 11.8 Å². The summed E-state index contributed by atoms with van der Waals surface area (Å²) in [4.78, 5) is 22.0. The first-order chi connectivity index (χ1) is 29.6. The highest BCUT2D eigenvalue weighted by atomic mass is 32.3. The number of ether oxygens (including phenoxy) is 7. The molecular formula is C34H61O27S3-5. The Morgan fingerprint density at radius 2 is 1.23 bits per heavy atom. The number of carbonyl (C=O) groups excluding carboxylic acids is 2. The Morgan fingerprint density at radius 1 is 0.719 bits per heavy atom. The number of carboxylic acid groups (broad SMARTS) is 2. The molecule has 27 nitrogen and oxygen atoms in total. The van der Waals surface area contributed by atoms with Crippen molar-refractivity contribution < 1.29 is 125 Å². The first-order valence-corrected chi connectivity index (χ1v) is 23.8. The van der Waals surface area contributed by atoms with Crippen LogP contribution < -0.4 is 10.2 Å². The Hall–Kier alpha value is -1.89. The van der Waals surface area contributed by atoms with Gasteiger partial charge in [0.25, 0.3) is 0 Å². The lowest BCUT2D eigenvalue weighted by molar-refractivity contribution is -0.329. The van der Waals surface area contributed by atoms with E-state index in [0.29, 0.717) is 12.8 Å². The predicted molar refractivity (Wildman–Crippen MR) is 204 cm³/mol. The molecule has 64 heavy (non-hydrogen) atoms. The molecule has 0 aliphatic carbocycles. The van der Waals surface area contributed by atoms with E-state index in [-0.39, 0.29) is 38.3 Å². The molecule has 0 aromatic heterocycles. The van der Waals surface area contributed by atoms with Crippen LogP contribution >= 0.6 is 0 Å². The van der Waals surface area contributed by atoms with Gasteiger partial charge >= 0.3 is 0 Å². The molecule has 0 aromatic rings. The third-order valence-corrected chi connectivity index (χ3v) is 10.7. The van der Waals surface area contributed by atoms with Gasteiger partial charge in [0.1, 0.15) is 54.9 Å². The van der Waals surface area contributed by atoms with Crippen LogP contribution in [0.2, 0.25) is 0 Å². The zero-order chi connectivity index (χ0) is 49.7. The molecule has 0 amide bonds. The molecule has 4 N–H and O–H groups in total. The average Bonchev–Trinajstić information content (AvgIpc) is 3.20. The van der Waals surface area contributed by atoms with Crippen LogP contribution in [0, 0.1) is 11.8 Å². The fraction of sp³-hybridized carbons (Fsp3) is 0.941. The zero-order valence-electron chi connectivity index (χ0n) is 36.4. The monoisotopic (exact) mass is 997 g/mol. The van der Waals surface area contributed by atoms with Gasteiger partial charge in [-0.2, -0.15) is 0 Å². The van der Waals surface area contributed by atoms with E-state index in [1.54, 1.807) is 20.8 Å². The molecule has 30 heteroatoms. The summed E-state index contributed by atoms with van der Waals surface area (Å²) in [5.41, 5.74) is 0. The van der Waals surface area contributed by atoms with Gasteiger partial charge in [-0.15, -0.1) is 0 Å². The fourth-order valence-corrected chi connectivity index (χ4v) is 6.90. The molecule has 3 aliphatic rings. The Morgan fingerprint density at radius 3 is 1.69 bits per heavy atom. The Bertz CT molecular complexity index is 1670. The number of rotatable bonds is 21. The summed E-state index contributed by atoms with van der Waals surface area (Å²) in [6.07, 6.45) is -13.8. The molecule has 3 aliphatic heterocycles. The number of aliphatic carboxylic acids is 2. The molecule has 0 radical (unpaired) electrons. The molecule has 0 saturated carbocycles. The minimum atomic E-state index is -5.04. The van der Waals surface area contributed by atoms with Crippen LogP contribution in [0.1, 0.15) is 61.3 Å². The van der Waals surface area contributed by atoms with Crippen LogP contribution in [0.15, 0.2) is 0 Å². The topological polar surface area (TPSA) is 425 Å². The van der Waals surface area contributed by atoms with Crippen molar-refractivity contribution in [1.82, 2.24) is 0 Å². The smallest absolute Gasteiger partial charge is 0.218 e. The van der Waals surface area contributed by atoms with E-state index in [4.69, 9.17) is 33.2 Å². The van der Waals surface area contributed by atoms with Gasteiger partial charge in [0.05, 0.1) is 69.4 Å². The first-order valence-electron chi connectivity index (χ1n) is 19.8. The number of aliphatic hydroxyl groups is 4. The number of carboxylic acids is 2. The number of hydrogen-bond donors (Lipinski definition) is 4. The Kier molecular flexibility index (Phi) is 28.9. The molecule has 382 valence electrons. The van der Waals surface area contributed by atoms with Gasteiger partial charge in [-0.25, -0.2) is 25.3 Å². The number of aliphatic hydroxyl groups excluding tert-OH is 4. The van der Waals surface area contributed by atoms with E-state index < -0.39 is 142 Å². The number of hydrogen-bond acceptors (Lipinski definition) is 27. The van der Waals surface area contributed by atoms with Crippen LogP contribution in [-0.4, -0.2) is 204 Å². The minimum absolute atomic E-state index is 0.0473. The summed E-state index contributed by atoms with van der Waals surface area (Å²) in [5, 5.41) is 61.0. The molecule has 0 aromatic carbocycles. The zero-order valence-corrected chi connectivity index (χ0v) is 38.9. The van der Waals surface area contributed by atoms with Crippen molar-refractivity contribution in [3.63, 3.8) is 0 Å². The van der Waals surface area contributed by atoms with Gasteiger partial charge in [-0.05, 0) is 26.7 Å². The van der Waals surface area contributed by atoms with Crippen molar-refractivity contribution >= 4 is 43.1 Å². The molecule has 3 saturated heterocycles. The van der Waals surface area contributed by atoms with Crippen LogP contribution in [0.3, 0.4) is 0 Å². The Labute approximate surface area is 373 Å². The van der Waals surface area contributed by atoms with Gasteiger partial charge in [-0.3, -0.25) is 12.5 Å². The third-order valence-electron chi connectivity index (χ3n) is 9.36. The summed E-state index contributed by atoms with van der Waals surface area (Å²) in [7, 11) is -13.4. The van der Waals surface area contributed by atoms with Crippen molar-refractivity contribution in [3.05, 3.63) is 0 Å². The molecule has 3 rings (SSSR count). The van der Waals surface area contributed by atoms with Gasteiger partial charge in [0.15, 0.2) is 0 Å². The summed E-state index contributed by atoms with van der Waals surface area (Å²) in [5.74, 6) is -3.53. The quantitative estimate of drug-likeness (QED) is 0.0616. The standard InChI is InChI=1S/C17H32O11S.C8H14O9S.C7H14O7S.C2H6/c1-5-12(28-15(17(19)20)11(3)24-4)6-7-25-16-13(9-27-29(21,22)23)26-8-10(2)14(16)18;1-2-15-6-5(9)4(17-18(12,13)14)3-16-7(6)8(10)11;1-4-2-13-5(7(9)6(4)8)3-14-15(10,11)12;1-2/h10-16,18H,5-9H2,1-4H3,(H,19,20)(H,21,22,23);4-7,9H,2-3H2,1H3,(H,10,11)(H,12,13,14);4-9H,2-3H2,1H3,(H,10,11,12);1-2H3/p-5. The van der Waals surface area contributed by atoms with Gasteiger partial charge < -0.3 is 87.0 Å². The molecule has 0 bridgehead atoms. The molecule has 15 unspecified atom stereocenters. The van der Waals surface area contributed by atoms with Crippen molar-refractivity contribution in [3.8, 4) is 0 Å². The van der Waals surface area contributed by atoms with E-state index in [1.807, 2.05) is 20.8 Å². The van der Waals surface area contributed by atoms with Gasteiger partial charge in [0, 0.05) is 32.2 Å². The molecule has 0 spiro atoms. The van der Waals surface area contributed by atoms with Crippen LogP contribution in [0.25, 0.3) is 0 Å². The van der Waals surface area contributed by atoms with E-state index in [2.05, 4.69) is 12.5 Å². The van der Waals surface area contributed by atoms with Crippen LogP contribution in [-0.2, 0) is 86.5 Å². The largest absolute Gasteiger partial charge is 0.726 e. The van der Waals surface area contributed by atoms with Crippen molar-refractivity contribution in [2.75, 3.05) is 53.4 Å². The fourth-order valence-electron chi connectivity index (χ4n) is 5.83. The third kappa shape index (κ3) is 23.2. The number of methoxy groups -OCH3 is 1. The SMILES string of the molecule is CC.CC1COC(COS(=O)(=O)[O-])C(O)C1O.CCC(CCOC1C(COS(=O)(=O)[O-])OCC(C)C1O)OC(C(=O)[O-])C(C)OC.CCOC1C(C(=O)[O-])OCC(OS(=O)(=O)[O-])C1O. The van der Waals surface area contributed by atoms with Crippen molar-refractivity contribution in [2.45, 2.75) is 141 Å². The average molecular weight is 998 g/mol. The second-order valence-corrected chi connectivity index (χ2v) is 17.2. The van der Waals surface area contributed by atoms with Gasteiger partial charge in [0.2, 0.25) is 31.2 Å². The van der Waals surface area contributed by atoms with E-state index in [9.17, 15) is 79.1 Å². The van der Waals surface area contributed by atoms with E-state index in [1.165, 1.54) is 14.0 Å². The second kappa shape index (κ2) is 29.8. The highest BCUT2D eigenvalue weighted by molar-refractivity contribution is 7.81. The molecule has 15 atom stereocenters. The summed E-state index contributed by atoms with van der Waals surface area (Å²) < 4.78 is 142. The van der Waals surface area contributed by atoms with Crippen LogP contribution in [0.5, 0.6) is 0 Å². The van der Waals surface area contributed by atoms with E-state index in [0.717, 1.165) is 0 Å². The number of carbonyl (C=O) groups is 2. The highest BCUT2D eigenvalue weighted by Crippen LogP contribution is 2.25. The molecule has 3 fully saturated rings. The summed E-state index contributed by atoms with van der Waals surface area (Å²) in [6.45, 7) is 11.0.